The van der Waals surface area contributed by atoms with Crippen molar-refractivity contribution in [3.05, 3.63) is 97.1 Å². The summed E-state index contributed by atoms with van der Waals surface area (Å²) >= 11 is 0. The van der Waals surface area contributed by atoms with Gasteiger partial charge in [-0.05, 0) is 54.1 Å². The molecule has 3 aromatic rings. The highest BCUT2D eigenvalue weighted by Crippen LogP contribution is 2.30. The van der Waals surface area contributed by atoms with Crippen molar-refractivity contribution in [3.8, 4) is 0 Å². The fraction of sp³-hybridized carbons (Fsp3) is 0. The Bertz CT molecular complexity index is 660. The van der Waals surface area contributed by atoms with Crippen LogP contribution in [0, 0.1) is 0 Å². The Balaban J connectivity index is 2.09. The van der Waals surface area contributed by atoms with Gasteiger partial charge in [0.1, 0.15) is 0 Å². The standard InChI is InChI=1S/C20H17S/c1-2-17-13-15-20(16-14-17)21(18-9-5-3-6-10-18)19-11-7-4-8-12-19/h2-16H,1H2/q+1. The lowest BCUT2D eigenvalue weighted by molar-refractivity contribution is 1.32. The minimum Gasteiger partial charge on any atom is -0.0985 e. The van der Waals surface area contributed by atoms with Crippen LogP contribution in [0.1, 0.15) is 5.56 Å². The monoisotopic (exact) mass is 289 g/mol. The van der Waals surface area contributed by atoms with Crippen molar-refractivity contribution in [2.24, 2.45) is 0 Å². The van der Waals surface area contributed by atoms with Crippen LogP contribution in [0.25, 0.3) is 6.08 Å². The summed E-state index contributed by atoms with van der Waals surface area (Å²) in [6, 6.07) is 30.1. The maximum Gasteiger partial charge on any atom is 0.166 e. The first kappa shape index (κ1) is 13.7. The average molecular weight is 289 g/mol. The van der Waals surface area contributed by atoms with E-state index < -0.39 is 0 Å². The third kappa shape index (κ3) is 3.09. The van der Waals surface area contributed by atoms with Gasteiger partial charge in [0, 0.05) is 0 Å². The smallest absolute Gasteiger partial charge is 0.0985 e. The van der Waals surface area contributed by atoms with Crippen molar-refractivity contribution in [2.75, 3.05) is 0 Å². The van der Waals surface area contributed by atoms with Crippen molar-refractivity contribution in [1.29, 1.82) is 0 Å². The number of benzene rings is 3. The summed E-state index contributed by atoms with van der Waals surface area (Å²) in [5, 5.41) is 0. The Hall–Kier alpha value is -2.25. The Kier molecular flexibility index (Phi) is 4.23. The molecule has 0 saturated heterocycles. The molecule has 1 heteroatoms. The second-order valence-corrected chi connectivity index (χ2v) is 6.73. The van der Waals surface area contributed by atoms with Crippen LogP contribution in [0.2, 0.25) is 0 Å². The minimum atomic E-state index is -0.0592. The van der Waals surface area contributed by atoms with Crippen molar-refractivity contribution in [2.45, 2.75) is 14.7 Å². The SMILES string of the molecule is C=Cc1ccc([S+](c2ccccc2)c2ccccc2)cc1. The molecular weight excluding hydrogens is 272 g/mol. The second-order valence-electron chi connectivity index (χ2n) is 4.71. The van der Waals surface area contributed by atoms with E-state index in [1.165, 1.54) is 14.7 Å². The second kappa shape index (κ2) is 6.47. The molecule has 0 atom stereocenters. The number of rotatable bonds is 4. The van der Waals surface area contributed by atoms with Crippen LogP contribution in [0.15, 0.2) is 106 Å². The Morgan fingerprint density at radius 1 is 0.571 bits per heavy atom. The molecule has 0 aliphatic heterocycles. The zero-order chi connectivity index (χ0) is 14.5. The fourth-order valence-electron chi connectivity index (χ4n) is 2.26. The summed E-state index contributed by atoms with van der Waals surface area (Å²) in [7, 11) is -0.0592. The molecular formula is C20H17S+. The molecule has 21 heavy (non-hydrogen) atoms. The minimum absolute atomic E-state index is 0.0592. The molecule has 0 unspecified atom stereocenters. The first-order valence-electron chi connectivity index (χ1n) is 6.95. The van der Waals surface area contributed by atoms with Crippen LogP contribution in [-0.4, -0.2) is 0 Å². The van der Waals surface area contributed by atoms with E-state index in [-0.39, 0.29) is 10.9 Å². The average Bonchev–Trinajstić information content (AvgIpc) is 2.58. The number of hydrogen-bond donors (Lipinski definition) is 0. The molecule has 3 rings (SSSR count). The van der Waals surface area contributed by atoms with Gasteiger partial charge in [0.2, 0.25) is 0 Å². The highest BCUT2D eigenvalue weighted by Gasteiger charge is 2.27. The van der Waals surface area contributed by atoms with Crippen molar-refractivity contribution >= 4 is 17.0 Å². The molecule has 0 N–H and O–H groups in total. The molecule has 3 aromatic carbocycles. The summed E-state index contributed by atoms with van der Waals surface area (Å²) in [4.78, 5) is 4.02. The lowest BCUT2D eigenvalue weighted by Crippen LogP contribution is -2.04. The normalized spacial score (nSPS) is 10.5. The van der Waals surface area contributed by atoms with E-state index >= 15 is 0 Å². The topological polar surface area (TPSA) is 0 Å². The third-order valence-corrected chi connectivity index (χ3v) is 5.54. The zero-order valence-electron chi connectivity index (χ0n) is 11.8. The van der Waals surface area contributed by atoms with Gasteiger partial charge in [0.25, 0.3) is 0 Å². The van der Waals surface area contributed by atoms with E-state index in [0.717, 1.165) is 5.56 Å². The van der Waals surface area contributed by atoms with Crippen molar-refractivity contribution < 1.29 is 0 Å². The summed E-state index contributed by atoms with van der Waals surface area (Å²) in [6.07, 6.45) is 1.88. The predicted molar refractivity (Wildman–Crippen MR) is 91.6 cm³/mol. The van der Waals surface area contributed by atoms with E-state index in [1.807, 2.05) is 6.08 Å². The molecule has 0 amide bonds. The van der Waals surface area contributed by atoms with Crippen LogP contribution < -0.4 is 0 Å². The highest BCUT2D eigenvalue weighted by atomic mass is 32.2. The molecule has 0 fully saturated rings. The van der Waals surface area contributed by atoms with Crippen LogP contribution in [0.3, 0.4) is 0 Å². The third-order valence-electron chi connectivity index (χ3n) is 3.31. The van der Waals surface area contributed by atoms with Gasteiger partial charge in [-0.15, -0.1) is 0 Å². The van der Waals surface area contributed by atoms with Gasteiger partial charge in [0.15, 0.2) is 14.7 Å². The van der Waals surface area contributed by atoms with Crippen LogP contribution in [-0.2, 0) is 10.9 Å². The van der Waals surface area contributed by atoms with E-state index in [0.29, 0.717) is 0 Å². The van der Waals surface area contributed by atoms with Crippen molar-refractivity contribution in [3.63, 3.8) is 0 Å². The molecule has 0 nitrogen and oxygen atoms in total. The summed E-state index contributed by atoms with van der Waals surface area (Å²) < 4.78 is 0. The highest BCUT2D eigenvalue weighted by molar-refractivity contribution is 7.97. The Morgan fingerprint density at radius 2 is 1.00 bits per heavy atom. The largest absolute Gasteiger partial charge is 0.166 e. The van der Waals surface area contributed by atoms with E-state index in [2.05, 4.69) is 91.5 Å². The van der Waals surface area contributed by atoms with Crippen LogP contribution in [0.5, 0.6) is 0 Å². The van der Waals surface area contributed by atoms with Gasteiger partial charge < -0.3 is 0 Å². The summed E-state index contributed by atoms with van der Waals surface area (Å²) in [5.41, 5.74) is 1.16. The maximum atomic E-state index is 3.82. The lowest BCUT2D eigenvalue weighted by Gasteiger charge is -2.08. The van der Waals surface area contributed by atoms with Gasteiger partial charge in [-0.2, -0.15) is 0 Å². The molecule has 0 radical (unpaired) electrons. The predicted octanol–water partition coefficient (Wildman–Crippen LogP) is 5.43. The molecule has 0 heterocycles. The van der Waals surface area contributed by atoms with E-state index in [9.17, 15) is 0 Å². The van der Waals surface area contributed by atoms with Gasteiger partial charge in [-0.3, -0.25) is 0 Å². The van der Waals surface area contributed by atoms with Crippen LogP contribution >= 0.6 is 0 Å². The van der Waals surface area contributed by atoms with Crippen LogP contribution in [0.4, 0.5) is 0 Å². The van der Waals surface area contributed by atoms with Gasteiger partial charge in [-0.1, -0.05) is 49.1 Å². The van der Waals surface area contributed by atoms with Crippen molar-refractivity contribution in [1.82, 2.24) is 0 Å². The molecule has 0 saturated carbocycles. The first-order valence-corrected chi connectivity index (χ1v) is 8.18. The molecule has 0 bridgehead atoms. The van der Waals surface area contributed by atoms with Gasteiger partial charge in [0.05, 0.1) is 10.9 Å². The molecule has 0 aliphatic carbocycles. The van der Waals surface area contributed by atoms with Gasteiger partial charge >= 0.3 is 0 Å². The lowest BCUT2D eigenvalue weighted by atomic mass is 10.2. The quantitative estimate of drug-likeness (QED) is 0.562. The number of hydrogen-bond acceptors (Lipinski definition) is 0. The molecule has 0 aromatic heterocycles. The first-order chi connectivity index (χ1) is 10.4. The Labute approximate surface area is 129 Å². The molecule has 0 spiro atoms. The Morgan fingerprint density at radius 3 is 1.43 bits per heavy atom. The zero-order valence-corrected chi connectivity index (χ0v) is 12.6. The van der Waals surface area contributed by atoms with E-state index in [4.69, 9.17) is 0 Å². The summed E-state index contributed by atoms with van der Waals surface area (Å²) in [6.45, 7) is 3.82. The fourth-order valence-corrected chi connectivity index (χ4v) is 4.34. The van der Waals surface area contributed by atoms with E-state index in [1.54, 1.807) is 0 Å². The summed E-state index contributed by atoms with van der Waals surface area (Å²) in [5.74, 6) is 0. The maximum absolute atomic E-state index is 3.82. The van der Waals surface area contributed by atoms with Gasteiger partial charge in [-0.25, -0.2) is 0 Å². The molecule has 0 aliphatic rings. The molecule has 102 valence electrons.